The Hall–Kier alpha value is -2.94. The lowest BCUT2D eigenvalue weighted by molar-refractivity contribution is -0.139. The van der Waals surface area contributed by atoms with E-state index < -0.39 is 17.4 Å². The summed E-state index contributed by atoms with van der Waals surface area (Å²) in [6.07, 6.45) is -0.264. The van der Waals surface area contributed by atoms with E-state index in [1.807, 2.05) is 0 Å². The molecule has 9 heteroatoms. The van der Waals surface area contributed by atoms with Gasteiger partial charge in [0.15, 0.2) is 6.61 Å². The molecule has 140 valence electrons. The Kier molecular flexibility index (Phi) is 6.29. The summed E-state index contributed by atoms with van der Waals surface area (Å²) < 4.78 is 15.4. The van der Waals surface area contributed by atoms with Gasteiger partial charge < -0.3 is 24.4 Å². The Balaban J connectivity index is 2.05. The first-order chi connectivity index (χ1) is 12.3. The molecule has 1 atom stereocenters. The van der Waals surface area contributed by atoms with Gasteiger partial charge in [-0.2, -0.15) is 4.98 Å². The Bertz CT molecular complexity index is 775. The van der Waals surface area contributed by atoms with Gasteiger partial charge >= 0.3 is 5.97 Å². The van der Waals surface area contributed by atoms with Gasteiger partial charge in [-0.3, -0.25) is 9.59 Å². The van der Waals surface area contributed by atoms with Crippen molar-refractivity contribution >= 4 is 11.9 Å². The van der Waals surface area contributed by atoms with E-state index >= 15 is 0 Å². The van der Waals surface area contributed by atoms with Crippen molar-refractivity contribution in [3.63, 3.8) is 0 Å². The molecule has 1 heterocycles. The number of ether oxygens (including phenoxy) is 2. The fourth-order valence-electron chi connectivity index (χ4n) is 2.40. The number of rotatable bonds is 9. The van der Waals surface area contributed by atoms with Gasteiger partial charge in [0.05, 0.1) is 18.6 Å². The Morgan fingerprint density at radius 3 is 2.77 bits per heavy atom. The molecule has 2 N–H and O–H groups in total. The van der Waals surface area contributed by atoms with Crippen molar-refractivity contribution in [1.29, 1.82) is 0 Å². The molecule has 0 spiro atoms. The molecule has 0 saturated heterocycles. The number of benzene rings is 1. The molecule has 1 unspecified atom stereocenters. The predicted octanol–water partition coefficient (Wildman–Crippen LogP) is 1.57. The zero-order valence-corrected chi connectivity index (χ0v) is 14.8. The average molecular weight is 363 g/mol. The first kappa shape index (κ1) is 19.4. The van der Waals surface area contributed by atoms with E-state index in [1.165, 1.54) is 7.11 Å². The minimum Gasteiger partial charge on any atom is -0.485 e. The van der Waals surface area contributed by atoms with Crippen LogP contribution in [0.3, 0.4) is 0 Å². The summed E-state index contributed by atoms with van der Waals surface area (Å²) in [6.45, 7) is 3.46. The number of carboxylic acids is 1. The molecule has 0 saturated carbocycles. The lowest BCUT2D eigenvalue weighted by Gasteiger charge is -2.28. The second-order valence-corrected chi connectivity index (χ2v) is 6.06. The number of aromatic nitrogens is 2. The van der Waals surface area contributed by atoms with E-state index in [9.17, 15) is 9.59 Å². The number of nitrogens with one attached hydrogen (secondary N) is 1. The molecule has 1 aromatic carbocycles. The minimum absolute atomic E-state index is 0.0679. The van der Waals surface area contributed by atoms with Crippen molar-refractivity contribution in [3.8, 4) is 5.75 Å². The first-order valence-electron chi connectivity index (χ1n) is 7.86. The molecule has 9 nitrogen and oxygen atoms in total. The smallest absolute Gasteiger partial charge is 0.305 e. The number of amides is 1. The summed E-state index contributed by atoms with van der Waals surface area (Å²) >= 11 is 0. The quantitative estimate of drug-likeness (QED) is 0.688. The van der Waals surface area contributed by atoms with Crippen LogP contribution in [0.1, 0.15) is 35.4 Å². The molecule has 0 aliphatic rings. The SMILES string of the molecule is COCC(C)(CC(=O)O)NC(=O)c1cccc(OCc2noc(C)n2)c1. The Morgan fingerprint density at radius 2 is 2.15 bits per heavy atom. The first-order valence-corrected chi connectivity index (χ1v) is 7.86. The van der Waals surface area contributed by atoms with Crippen molar-refractivity contribution < 1.29 is 28.7 Å². The number of carbonyl (C=O) groups is 2. The van der Waals surface area contributed by atoms with Crippen LogP contribution in [0.5, 0.6) is 5.75 Å². The Labute approximate surface area is 150 Å². The summed E-state index contributed by atoms with van der Waals surface area (Å²) in [7, 11) is 1.44. The van der Waals surface area contributed by atoms with Gasteiger partial charge in [0.25, 0.3) is 5.91 Å². The number of hydrogen-bond donors (Lipinski definition) is 2. The number of carbonyl (C=O) groups excluding carboxylic acids is 1. The highest BCUT2D eigenvalue weighted by molar-refractivity contribution is 5.95. The summed E-state index contributed by atoms with van der Waals surface area (Å²) in [5.74, 6) is -0.171. The molecule has 26 heavy (non-hydrogen) atoms. The molecular weight excluding hydrogens is 342 g/mol. The Morgan fingerprint density at radius 1 is 1.38 bits per heavy atom. The van der Waals surface area contributed by atoms with Crippen molar-refractivity contribution in [2.45, 2.75) is 32.4 Å². The average Bonchev–Trinajstić information content (AvgIpc) is 2.98. The van der Waals surface area contributed by atoms with Gasteiger partial charge in [-0.05, 0) is 25.1 Å². The molecular formula is C17H21N3O6. The second kappa shape index (κ2) is 8.43. The number of carboxylic acid groups (broad SMARTS) is 1. The standard InChI is InChI=1S/C17H21N3O6/c1-11-18-14(20-26-11)9-25-13-6-4-5-12(7-13)16(23)19-17(2,10-24-3)8-15(21)22/h4-7H,8-10H2,1-3H3,(H,19,23)(H,21,22). The minimum atomic E-state index is -1.03. The van der Waals surface area contributed by atoms with E-state index in [2.05, 4.69) is 15.5 Å². The van der Waals surface area contributed by atoms with Gasteiger partial charge in [-0.1, -0.05) is 11.2 Å². The highest BCUT2D eigenvalue weighted by atomic mass is 16.5. The largest absolute Gasteiger partial charge is 0.485 e. The van der Waals surface area contributed by atoms with Crippen LogP contribution in [0.4, 0.5) is 0 Å². The maximum absolute atomic E-state index is 12.5. The van der Waals surface area contributed by atoms with Crippen LogP contribution in [-0.4, -0.2) is 46.4 Å². The normalized spacial score (nSPS) is 13.0. The van der Waals surface area contributed by atoms with Crippen LogP contribution in [0.2, 0.25) is 0 Å². The van der Waals surface area contributed by atoms with E-state index in [0.29, 0.717) is 23.0 Å². The summed E-state index contributed by atoms with van der Waals surface area (Å²) in [5, 5.41) is 15.5. The zero-order valence-electron chi connectivity index (χ0n) is 14.8. The molecule has 0 aliphatic heterocycles. The third kappa shape index (κ3) is 5.55. The highest BCUT2D eigenvalue weighted by Crippen LogP contribution is 2.17. The zero-order chi connectivity index (χ0) is 19.2. The van der Waals surface area contributed by atoms with Crippen LogP contribution in [0.15, 0.2) is 28.8 Å². The number of nitrogens with zero attached hydrogens (tertiary/aromatic N) is 2. The molecule has 0 bridgehead atoms. The molecule has 0 fully saturated rings. The van der Waals surface area contributed by atoms with Crippen molar-refractivity contribution in [1.82, 2.24) is 15.5 Å². The number of hydrogen-bond acceptors (Lipinski definition) is 7. The van der Waals surface area contributed by atoms with Crippen LogP contribution < -0.4 is 10.1 Å². The van der Waals surface area contributed by atoms with Crippen LogP contribution in [0, 0.1) is 6.92 Å². The second-order valence-electron chi connectivity index (χ2n) is 6.06. The third-order valence-corrected chi connectivity index (χ3v) is 3.45. The van der Waals surface area contributed by atoms with Crippen LogP contribution in [-0.2, 0) is 16.1 Å². The van der Waals surface area contributed by atoms with E-state index in [-0.39, 0.29) is 19.6 Å². The van der Waals surface area contributed by atoms with Crippen LogP contribution in [0.25, 0.3) is 0 Å². The maximum atomic E-state index is 12.5. The molecule has 2 aromatic rings. The van der Waals surface area contributed by atoms with Crippen LogP contribution >= 0.6 is 0 Å². The monoisotopic (exact) mass is 363 g/mol. The van der Waals surface area contributed by atoms with Gasteiger partial charge in [0.2, 0.25) is 11.7 Å². The third-order valence-electron chi connectivity index (χ3n) is 3.45. The van der Waals surface area contributed by atoms with Crippen molar-refractivity contribution in [3.05, 3.63) is 41.5 Å². The fourth-order valence-corrected chi connectivity index (χ4v) is 2.40. The van der Waals surface area contributed by atoms with Gasteiger partial charge in [-0.15, -0.1) is 0 Å². The highest BCUT2D eigenvalue weighted by Gasteiger charge is 2.30. The van der Waals surface area contributed by atoms with Gasteiger partial charge in [0.1, 0.15) is 5.75 Å². The maximum Gasteiger partial charge on any atom is 0.305 e. The number of aryl methyl sites for hydroxylation is 1. The molecule has 1 amide bonds. The lowest BCUT2D eigenvalue weighted by Crippen LogP contribution is -2.50. The number of methoxy groups -OCH3 is 1. The summed E-state index contributed by atoms with van der Waals surface area (Å²) in [4.78, 5) is 27.6. The molecule has 0 radical (unpaired) electrons. The van der Waals surface area contributed by atoms with E-state index in [1.54, 1.807) is 38.1 Å². The van der Waals surface area contributed by atoms with Crippen molar-refractivity contribution in [2.75, 3.05) is 13.7 Å². The summed E-state index contributed by atoms with van der Waals surface area (Å²) in [6, 6.07) is 6.51. The van der Waals surface area contributed by atoms with E-state index in [0.717, 1.165) is 0 Å². The predicted molar refractivity (Wildman–Crippen MR) is 89.8 cm³/mol. The van der Waals surface area contributed by atoms with Gasteiger partial charge in [0, 0.05) is 19.6 Å². The fraction of sp³-hybridized carbons (Fsp3) is 0.412. The van der Waals surface area contributed by atoms with Gasteiger partial charge in [-0.25, -0.2) is 0 Å². The molecule has 1 aromatic heterocycles. The molecule has 0 aliphatic carbocycles. The number of aliphatic carboxylic acids is 1. The summed E-state index contributed by atoms with van der Waals surface area (Å²) in [5.41, 5.74) is -0.698. The lowest BCUT2D eigenvalue weighted by atomic mass is 9.98. The van der Waals surface area contributed by atoms with Crippen molar-refractivity contribution in [2.24, 2.45) is 0 Å². The molecule has 2 rings (SSSR count). The topological polar surface area (TPSA) is 124 Å². The van der Waals surface area contributed by atoms with E-state index in [4.69, 9.17) is 19.1 Å².